The number of halogens is 2. The summed E-state index contributed by atoms with van der Waals surface area (Å²) in [6.45, 7) is 8.08. The summed E-state index contributed by atoms with van der Waals surface area (Å²) in [5, 5.41) is 9.84. The molecule has 37 heavy (non-hydrogen) atoms. The van der Waals surface area contributed by atoms with Gasteiger partial charge in [-0.2, -0.15) is 0 Å². The third-order valence-corrected chi connectivity index (χ3v) is 7.62. The number of carboxylic acid groups (broad SMARTS) is 1. The van der Waals surface area contributed by atoms with Crippen LogP contribution in [-0.4, -0.2) is 34.8 Å². The third kappa shape index (κ3) is 6.90. The molecule has 0 saturated heterocycles. The number of carbonyl (C=O) groups is 4. The lowest BCUT2D eigenvalue weighted by Gasteiger charge is -2.47. The zero-order valence-corrected chi connectivity index (χ0v) is 22.9. The fourth-order valence-corrected chi connectivity index (χ4v) is 5.36. The summed E-state index contributed by atoms with van der Waals surface area (Å²) in [7, 11) is 0. The molecule has 3 rings (SSSR count). The van der Waals surface area contributed by atoms with Crippen molar-refractivity contribution in [3.8, 4) is 0 Å². The Morgan fingerprint density at radius 3 is 2.08 bits per heavy atom. The molecule has 0 bridgehead atoms. The first-order valence-corrected chi connectivity index (χ1v) is 12.8. The van der Waals surface area contributed by atoms with E-state index in [0.717, 1.165) is 19.3 Å². The maximum atomic E-state index is 13.3. The molecule has 1 N–H and O–H groups in total. The van der Waals surface area contributed by atoms with Crippen molar-refractivity contribution < 1.29 is 29.0 Å². The van der Waals surface area contributed by atoms with Crippen LogP contribution in [0.15, 0.2) is 42.5 Å². The van der Waals surface area contributed by atoms with Crippen LogP contribution >= 0.6 is 23.2 Å². The minimum atomic E-state index is -1.11. The summed E-state index contributed by atoms with van der Waals surface area (Å²) in [5.41, 5.74) is 0.437. The van der Waals surface area contributed by atoms with Crippen molar-refractivity contribution in [2.45, 2.75) is 66.0 Å². The number of anilines is 1. The average Bonchev–Trinajstić information content (AvgIpc) is 2.81. The standard InChI is InChI=1S/C28H31Cl2NO6/c1-27(2)12-5-13-28(3,4)26(27)37-25(36)22(32)15-23(33)31(16-17-6-11-20(29)21(30)14-17)19-9-7-18(8-10-19)24(34)35/h6-11,14,26H,5,12-13,15-16H2,1-4H3,(H,34,35). The molecule has 2 aromatic carbocycles. The smallest absolute Gasteiger partial charge is 0.375 e. The number of aromatic carboxylic acids is 1. The average molecular weight is 548 g/mol. The quantitative estimate of drug-likeness (QED) is 0.235. The maximum absolute atomic E-state index is 13.3. The second-order valence-electron chi connectivity index (χ2n) is 10.8. The summed E-state index contributed by atoms with van der Waals surface area (Å²) in [6, 6.07) is 10.5. The van der Waals surface area contributed by atoms with Gasteiger partial charge in [-0.15, -0.1) is 0 Å². The van der Waals surface area contributed by atoms with Crippen LogP contribution < -0.4 is 4.90 Å². The van der Waals surface area contributed by atoms with Gasteiger partial charge in [-0.05, 0) is 54.8 Å². The van der Waals surface area contributed by atoms with Crippen molar-refractivity contribution in [2.24, 2.45) is 10.8 Å². The van der Waals surface area contributed by atoms with Gasteiger partial charge in [0.1, 0.15) is 6.10 Å². The highest BCUT2D eigenvalue weighted by Crippen LogP contribution is 2.47. The van der Waals surface area contributed by atoms with Gasteiger partial charge in [0.15, 0.2) is 0 Å². The predicted molar refractivity (Wildman–Crippen MR) is 142 cm³/mol. The predicted octanol–water partition coefficient (Wildman–Crippen LogP) is 6.33. The Balaban J connectivity index is 1.81. The summed E-state index contributed by atoms with van der Waals surface area (Å²) < 4.78 is 5.70. The molecule has 0 atom stereocenters. The first-order valence-electron chi connectivity index (χ1n) is 12.0. The van der Waals surface area contributed by atoms with Gasteiger partial charge in [-0.1, -0.05) is 63.4 Å². The first-order chi connectivity index (χ1) is 17.2. The topological polar surface area (TPSA) is 101 Å². The van der Waals surface area contributed by atoms with Crippen molar-refractivity contribution in [3.63, 3.8) is 0 Å². The zero-order chi connectivity index (χ0) is 27.5. The SMILES string of the molecule is CC1(C)CCCC(C)(C)C1OC(=O)C(=O)CC(=O)N(Cc1ccc(Cl)c(Cl)c1)c1ccc(C(=O)O)cc1. The van der Waals surface area contributed by atoms with Crippen LogP contribution in [0, 0.1) is 10.8 Å². The number of rotatable bonds is 8. The van der Waals surface area contributed by atoms with Crippen LogP contribution in [0.1, 0.15) is 69.3 Å². The molecule has 0 aliphatic heterocycles. The Labute approximate surface area is 226 Å². The molecular formula is C28H31Cl2NO6. The summed E-state index contributed by atoms with van der Waals surface area (Å²) in [4.78, 5) is 51.5. The monoisotopic (exact) mass is 547 g/mol. The van der Waals surface area contributed by atoms with E-state index in [1.807, 2.05) is 27.7 Å². The van der Waals surface area contributed by atoms with Gasteiger partial charge in [-0.3, -0.25) is 9.59 Å². The van der Waals surface area contributed by atoms with Crippen molar-refractivity contribution in [1.82, 2.24) is 0 Å². The van der Waals surface area contributed by atoms with Gasteiger partial charge in [0.2, 0.25) is 11.7 Å². The van der Waals surface area contributed by atoms with Crippen LogP contribution in [0.25, 0.3) is 0 Å². The fraction of sp³-hybridized carbons (Fsp3) is 0.429. The van der Waals surface area contributed by atoms with E-state index in [4.69, 9.17) is 27.9 Å². The van der Waals surface area contributed by atoms with Crippen LogP contribution in [0.2, 0.25) is 10.0 Å². The Morgan fingerprint density at radius 1 is 0.946 bits per heavy atom. The first kappa shape index (κ1) is 28.7. The minimum absolute atomic E-state index is 0.0210. The molecule has 1 aliphatic carbocycles. The zero-order valence-electron chi connectivity index (χ0n) is 21.3. The Hall–Kier alpha value is -2.90. The van der Waals surface area contributed by atoms with Crippen molar-refractivity contribution in [2.75, 3.05) is 4.90 Å². The van der Waals surface area contributed by atoms with E-state index in [2.05, 4.69) is 0 Å². The van der Waals surface area contributed by atoms with Gasteiger partial charge in [0, 0.05) is 16.5 Å². The lowest BCUT2D eigenvalue weighted by atomic mass is 9.63. The minimum Gasteiger partial charge on any atom is -0.478 e. The molecule has 198 valence electrons. The molecule has 0 aromatic heterocycles. The van der Waals surface area contributed by atoms with Gasteiger partial charge in [0.25, 0.3) is 0 Å². The number of ether oxygens (including phenoxy) is 1. The molecule has 1 fully saturated rings. The van der Waals surface area contributed by atoms with Crippen LogP contribution in [0.5, 0.6) is 0 Å². The second-order valence-corrected chi connectivity index (χ2v) is 11.6. The van der Waals surface area contributed by atoms with E-state index in [1.165, 1.54) is 29.2 Å². The molecular weight excluding hydrogens is 517 g/mol. The van der Waals surface area contributed by atoms with Gasteiger partial charge in [-0.25, -0.2) is 9.59 Å². The van der Waals surface area contributed by atoms with Crippen molar-refractivity contribution >= 4 is 52.5 Å². The summed E-state index contributed by atoms with van der Waals surface area (Å²) in [5.74, 6) is -3.72. The molecule has 0 spiro atoms. The molecule has 1 saturated carbocycles. The van der Waals surface area contributed by atoms with E-state index >= 15 is 0 Å². The Morgan fingerprint density at radius 2 is 1.54 bits per heavy atom. The maximum Gasteiger partial charge on any atom is 0.375 e. The molecule has 9 heteroatoms. The lowest BCUT2D eigenvalue weighted by molar-refractivity contribution is -0.176. The Bertz CT molecular complexity index is 1190. The highest BCUT2D eigenvalue weighted by atomic mass is 35.5. The fourth-order valence-electron chi connectivity index (χ4n) is 5.04. The van der Waals surface area contributed by atoms with Gasteiger partial charge in [0.05, 0.1) is 28.6 Å². The largest absolute Gasteiger partial charge is 0.478 e. The van der Waals surface area contributed by atoms with Gasteiger partial charge < -0.3 is 14.7 Å². The number of benzene rings is 2. The second kappa shape index (κ2) is 11.2. The third-order valence-electron chi connectivity index (χ3n) is 6.88. The van der Waals surface area contributed by atoms with E-state index in [0.29, 0.717) is 21.3 Å². The number of hydrogen-bond donors (Lipinski definition) is 1. The molecule has 0 heterocycles. The summed E-state index contributed by atoms with van der Waals surface area (Å²) >= 11 is 12.1. The van der Waals surface area contributed by atoms with E-state index in [-0.39, 0.29) is 22.9 Å². The Kier molecular flexibility index (Phi) is 8.70. The molecule has 7 nitrogen and oxygen atoms in total. The number of Topliss-reactive ketones (excluding diaryl/α,β-unsaturated/α-hetero) is 1. The molecule has 1 amide bonds. The number of carboxylic acids is 1. The molecule has 0 unspecified atom stereocenters. The highest BCUT2D eigenvalue weighted by Gasteiger charge is 2.47. The van der Waals surface area contributed by atoms with Crippen LogP contribution in [-0.2, 0) is 25.7 Å². The van der Waals surface area contributed by atoms with E-state index in [1.54, 1.807) is 18.2 Å². The molecule has 0 radical (unpaired) electrons. The highest BCUT2D eigenvalue weighted by molar-refractivity contribution is 6.42. The lowest BCUT2D eigenvalue weighted by Crippen LogP contribution is -2.49. The van der Waals surface area contributed by atoms with Crippen molar-refractivity contribution in [1.29, 1.82) is 0 Å². The number of hydrogen-bond acceptors (Lipinski definition) is 5. The molecule has 1 aliphatic rings. The number of esters is 1. The van der Waals surface area contributed by atoms with Crippen LogP contribution in [0.3, 0.4) is 0 Å². The van der Waals surface area contributed by atoms with Crippen molar-refractivity contribution in [3.05, 3.63) is 63.6 Å². The molecule has 2 aromatic rings. The number of ketones is 1. The number of nitrogens with zero attached hydrogens (tertiary/aromatic N) is 1. The van der Waals surface area contributed by atoms with Crippen LogP contribution in [0.4, 0.5) is 5.69 Å². The van der Waals surface area contributed by atoms with E-state index in [9.17, 15) is 24.3 Å². The normalized spacial score (nSPS) is 16.6. The number of amides is 1. The van der Waals surface area contributed by atoms with E-state index < -0.39 is 36.2 Å². The summed E-state index contributed by atoms with van der Waals surface area (Å²) in [6.07, 6.45) is 1.58. The van der Waals surface area contributed by atoms with Gasteiger partial charge >= 0.3 is 11.9 Å². The number of carbonyl (C=O) groups excluding carboxylic acids is 3.